The predicted octanol–water partition coefficient (Wildman–Crippen LogP) is 24.2. The molecule has 0 aromatic heterocycles. The first kappa shape index (κ1) is 100. The second-order valence-electron chi connectivity index (χ2n) is 26.8. The van der Waals surface area contributed by atoms with Gasteiger partial charge in [0.05, 0.1) is 26.4 Å². The van der Waals surface area contributed by atoms with Gasteiger partial charge in [0.1, 0.15) is 25.4 Å². The summed E-state index contributed by atoms with van der Waals surface area (Å²) in [5, 5.41) is 20.7. The molecule has 16 nitrogen and oxygen atoms in total. The van der Waals surface area contributed by atoms with Crippen LogP contribution in [0, 0.1) is 0 Å². The highest BCUT2D eigenvalue weighted by Crippen LogP contribution is 2.45. The summed E-state index contributed by atoms with van der Waals surface area (Å²) in [5.74, 6) is -1.63. The van der Waals surface area contributed by atoms with Crippen molar-refractivity contribution in [3.05, 3.63) is 158 Å². The first-order chi connectivity index (χ1) is 51.2. The lowest BCUT2D eigenvalue weighted by molar-refractivity contribution is -0.161. The number of ether oxygens (including phenoxy) is 3. The summed E-state index contributed by atoms with van der Waals surface area (Å²) in [6.45, 7) is 2.46. The van der Waals surface area contributed by atoms with Crippen LogP contribution < -0.4 is 0 Å². The van der Waals surface area contributed by atoms with Gasteiger partial charge < -0.3 is 34.2 Å². The topological polar surface area (TPSA) is 231 Å². The van der Waals surface area contributed by atoms with Gasteiger partial charge in [0.15, 0.2) is 6.10 Å². The van der Waals surface area contributed by atoms with Gasteiger partial charge in [-0.2, -0.15) is 0 Å². The third kappa shape index (κ3) is 80.0. The van der Waals surface area contributed by atoms with Crippen LogP contribution in [0.2, 0.25) is 0 Å². The third-order valence-electron chi connectivity index (χ3n) is 16.7. The van der Waals surface area contributed by atoms with Gasteiger partial charge in [-0.1, -0.05) is 301 Å². The number of aliphatic hydroxyl groups is 2. The van der Waals surface area contributed by atoms with Crippen molar-refractivity contribution in [2.45, 2.75) is 334 Å². The molecule has 18 heteroatoms. The Kier molecular flexibility index (Phi) is 75.1. The third-order valence-corrected chi connectivity index (χ3v) is 18.6. The van der Waals surface area contributed by atoms with Crippen LogP contribution in [0.25, 0.3) is 0 Å². The molecule has 0 saturated carbocycles. The summed E-state index contributed by atoms with van der Waals surface area (Å²) < 4.78 is 61.2. The highest BCUT2D eigenvalue weighted by molar-refractivity contribution is 7.47. The van der Waals surface area contributed by atoms with E-state index in [0.717, 1.165) is 161 Å². The molecule has 5 unspecified atom stereocenters. The van der Waals surface area contributed by atoms with Crippen LogP contribution in [-0.4, -0.2) is 95.9 Å². The van der Waals surface area contributed by atoms with E-state index >= 15 is 0 Å². The monoisotopic (exact) mass is 1510 g/mol. The number of allylic oxidation sites excluding steroid dienone is 26. The summed E-state index contributed by atoms with van der Waals surface area (Å²) >= 11 is 0. The van der Waals surface area contributed by atoms with E-state index in [1.165, 1.54) is 96.3 Å². The lowest BCUT2D eigenvalue weighted by Crippen LogP contribution is -2.30. The summed E-state index contributed by atoms with van der Waals surface area (Å²) in [6.07, 6.45) is 98.5. The molecule has 0 saturated heterocycles. The zero-order valence-electron chi connectivity index (χ0n) is 65.6. The second-order valence-corrected chi connectivity index (χ2v) is 29.7. The number of unbranched alkanes of at least 4 members (excludes halogenated alkanes) is 27. The molecule has 600 valence electrons. The molecule has 0 spiro atoms. The number of carbonyl (C=O) groups excluding carboxylic acids is 3. The number of rotatable bonds is 76. The van der Waals surface area contributed by atoms with Crippen LogP contribution in [-0.2, 0) is 55.8 Å². The second kappa shape index (κ2) is 78.7. The molecule has 0 amide bonds. The molecule has 105 heavy (non-hydrogen) atoms. The molecule has 0 aromatic rings. The van der Waals surface area contributed by atoms with Gasteiger partial charge in [0.25, 0.3) is 0 Å². The quantitative estimate of drug-likeness (QED) is 0.0146. The van der Waals surface area contributed by atoms with Crippen molar-refractivity contribution in [1.82, 2.24) is 0 Å². The largest absolute Gasteiger partial charge is 0.472 e. The number of esters is 3. The van der Waals surface area contributed by atoms with Crippen molar-refractivity contribution in [3.63, 3.8) is 0 Å². The van der Waals surface area contributed by atoms with Gasteiger partial charge >= 0.3 is 33.6 Å². The molecule has 5 atom stereocenters. The molecular formula is C87H146O16P2. The van der Waals surface area contributed by atoms with E-state index in [1.54, 1.807) is 0 Å². The van der Waals surface area contributed by atoms with E-state index in [4.69, 9.17) is 32.3 Å². The number of hydrogen-bond acceptors (Lipinski definition) is 14. The summed E-state index contributed by atoms with van der Waals surface area (Å²) in [7, 11) is -9.82. The fraction of sp³-hybridized carbons (Fsp3) is 0.667. The molecule has 0 aliphatic rings. The van der Waals surface area contributed by atoms with Crippen LogP contribution >= 0.6 is 15.6 Å². The van der Waals surface area contributed by atoms with Crippen molar-refractivity contribution in [2.24, 2.45) is 0 Å². The number of phosphoric ester groups is 2. The van der Waals surface area contributed by atoms with Crippen molar-refractivity contribution < 1.29 is 75.8 Å². The lowest BCUT2D eigenvalue weighted by Gasteiger charge is -2.21. The normalized spacial score (nSPS) is 14.8. The Balaban J connectivity index is 4.67. The Bertz CT molecular complexity index is 2540. The van der Waals surface area contributed by atoms with Crippen molar-refractivity contribution in [2.75, 3.05) is 39.6 Å². The van der Waals surface area contributed by atoms with E-state index in [0.29, 0.717) is 19.3 Å². The molecule has 0 heterocycles. The maximum Gasteiger partial charge on any atom is 0.472 e. The zero-order chi connectivity index (χ0) is 76.6. The number of phosphoric acid groups is 2. The number of hydrogen-bond donors (Lipinski definition) is 4. The van der Waals surface area contributed by atoms with Gasteiger partial charge in [0.2, 0.25) is 0 Å². The average molecular weight is 1510 g/mol. The van der Waals surface area contributed by atoms with Crippen LogP contribution in [0.4, 0.5) is 0 Å². The van der Waals surface area contributed by atoms with Gasteiger partial charge in [-0.05, 0) is 154 Å². The highest BCUT2D eigenvalue weighted by atomic mass is 31.2. The van der Waals surface area contributed by atoms with E-state index in [9.17, 15) is 43.5 Å². The summed E-state index contributed by atoms with van der Waals surface area (Å²) in [4.78, 5) is 58.8. The Morgan fingerprint density at radius 3 is 0.810 bits per heavy atom. The lowest BCUT2D eigenvalue weighted by atomic mass is 10.0. The van der Waals surface area contributed by atoms with Crippen LogP contribution in [0.3, 0.4) is 0 Å². The smallest absolute Gasteiger partial charge is 0.463 e. The van der Waals surface area contributed by atoms with E-state index in [-0.39, 0.29) is 19.3 Å². The fourth-order valence-electron chi connectivity index (χ4n) is 10.5. The van der Waals surface area contributed by atoms with Crippen LogP contribution in [0.15, 0.2) is 158 Å². The number of aliphatic hydroxyl groups excluding tert-OH is 2. The van der Waals surface area contributed by atoms with Crippen LogP contribution in [0.5, 0.6) is 0 Å². The minimum Gasteiger partial charge on any atom is -0.463 e. The van der Waals surface area contributed by atoms with Gasteiger partial charge in [-0.3, -0.25) is 32.5 Å². The Morgan fingerprint density at radius 2 is 0.505 bits per heavy atom. The molecular weight excluding hydrogens is 1360 g/mol. The summed E-state index contributed by atoms with van der Waals surface area (Å²) in [6, 6.07) is 0. The van der Waals surface area contributed by atoms with Crippen molar-refractivity contribution >= 4 is 33.6 Å². The molecule has 0 radical (unpaired) electrons. The van der Waals surface area contributed by atoms with Gasteiger partial charge in [-0.25, -0.2) is 9.13 Å². The highest BCUT2D eigenvalue weighted by Gasteiger charge is 2.29. The summed E-state index contributed by atoms with van der Waals surface area (Å²) in [5.41, 5.74) is 0. The van der Waals surface area contributed by atoms with E-state index < -0.39 is 91.5 Å². The van der Waals surface area contributed by atoms with Crippen molar-refractivity contribution in [3.8, 4) is 0 Å². The molecule has 0 aliphatic carbocycles. The molecule has 0 aliphatic heterocycles. The zero-order valence-corrected chi connectivity index (χ0v) is 67.4. The standard InChI is InChI=1S/C87H146O16P2/c1-4-7-10-13-16-19-22-25-28-31-34-36-38-39-40-41-43-45-47-49-52-55-58-61-64-67-70-73-85(90)97-76-82(88)77-99-104(93,94)100-78-83(89)79-101-105(95,96)102-81-84(103-87(92)75-72-69-66-63-60-57-54-51-46-33-30-27-24-21-18-15-12-9-6-3)80-98-86(91)74-71-68-65-62-59-56-53-50-48-44-42-37-35-32-29-26-23-20-17-14-11-8-5-2/h9,12,16-21,25-30,34-37,39-40,44,46,48,51,57,60,82-84,88-89H,4-8,10-11,13-15,22-24,31-33,38,41-43,45,47,49-50,52-56,58-59,61-81H2,1-3H3,(H,93,94)(H,95,96)/b12-9-,19-16-,20-17-,21-18-,28-25-,29-26-,30-27-,36-34-,37-35-,40-39-,48-44-,51-46-,60-57-. The molecule has 0 bridgehead atoms. The fourth-order valence-corrected chi connectivity index (χ4v) is 12.1. The molecule has 0 fully saturated rings. The minimum absolute atomic E-state index is 0.0574. The molecule has 0 aromatic carbocycles. The van der Waals surface area contributed by atoms with Gasteiger partial charge in [-0.15, -0.1) is 0 Å². The maximum absolute atomic E-state index is 13.0. The first-order valence-electron chi connectivity index (χ1n) is 40.8. The SMILES string of the molecule is CC/C=C\C/C=C\C/C=C\C/C=C\C/C=C\CCCCCC(=O)OC(COC(=O)CCCCCCCCC/C=C\C/C=C\C/C=C\C/C=C\CCCCC)COP(=O)(O)OCC(O)COP(=O)(O)OCC(O)COC(=O)CCCCCCCCCCCCC/C=C\C/C=C\C/C=C\C/C=C\CCCCC. The van der Waals surface area contributed by atoms with Crippen molar-refractivity contribution in [1.29, 1.82) is 0 Å². The predicted molar refractivity (Wildman–Crippen MR) is 435 cm³/mol. The Labute approximate surface area is 638 Å². The maximum atomic E-state index is 13.0. The minimum atomic E-state index is -4.95. The molecule has 0 rings (SSSR count). The average Bonchev–Trinajstić information content (AvgIpc) is 0.916. The molecule has 4 N–H and O–H groups in total. The van der Waals surface area contributed by atoms with Gasteiger partial charge in [0, 0.05) is 19.3 Å². The van der Waals surface area contributed by atoms with E-state index in [2.05, 4.69) is 179 Å². The first-order valence-corrected chi connectivity index (χ1v) is 43.8. The Hall–Kier alpha value is -4.83. The van der Waals surface area contributed by atoms with E-state index in [1.807, 2.05) is 0 Å². The Morgan fingerprint density at radius 1 is 0.276 bits per heavy atom. The van der Waals surface area contributed by atoms with Crippen LogP contribution in [0.1, 0.15) is 316 Å². The number of carbonyl (C=O) groups is 3.